The summed E-state index contributed by atoms with van der Waals surface area (Å²) in [5, 5.41) is 2.68. The van der Waals surface area contributed by atoms with Crippen molar-refractivity contribution < 1.29 is 17.9 Å². The van der Waals surface area contributed by atoms with Crippen LogP contribution in [-0.4, -0.2) is 34.1 Å². The molecule has 8 heteroatoms. The first-order valence-corrected chi connectivity index (χ1v) is 9.55. The summed E-state index contributed by atoms with van der Waals surface area (Å²) >= 11 is 0. The lowest BCUT2D eigenvalue weighted by Gasteiger charge is -2.14. The van der Waals surface area contributed by atoms with E-state index in [1.807, 2.05) is 0 Å². The van der Waals surface area contributed by atoms with Crippen molar-refractivity contribution >= 4 is 27.3 Å². The second-order valence-corrected chi connectivity index (χ2v) is 7.45. The normalized spacial score (nSPS) is 12.4. The fourth-order valence-corrected chi connectivity index (χ4v) is 3.70. The van der Waals surface area contributed by atoms with Gasteiger partial charge in [0.05, 0.1) is 17.4 Å². The summed E-state index contributed by atoms with van der Waals surface area (Å²) in [6.45, 7) is 1.92. The molecular weight excluding hydrogens is 354 g/mol. The van der Waals surface area contributed by atoms with Gasteiger partial charge in [-0.15, -0.1) is 0 Å². The Morgan fingerprint density at radius 3 is 2.46 bits per heavy atom. The Balaban J connectivity index is 2.20. The van der Waals surface area contributed by atoms with Crippen molar-refractivity contribution in [3.8, 4) is 0 Å². The number of carbonyl (C=O) groups excluding carboxylic acids is 1. The molecule has 0 saturated carbocycles. The van der Waals surface area contributed by atoms with Gasteiger partial charge in [0, 0.05) is 25.0 Å². The van der Waals surface area contributed by atoms with E-state index in [-0.39, 0.29) is 29.9 Å². The summed E-state index contributed by atoms with van der Waals surface area (Å²) in [4.78, 5) is 12.2. The lowest BCUT2D eigenvalue weighted by molar-refractivity contribution is -0.118. The molecule has 1 atom stereocenters. The molecule has 26 heavy (non-hydrogen) atoms. The number of nitrogens with two attached hydrogens (primary N) is 1. The highest BCUT2D eigenvalue weighted by atomic mass is 32.2. The molecule has 0 aliphatic heterocycles. The van der Waals surface area contributed by atoms with Crippen molar-refractivity contribution in [1.82, 2.24) is 0 Å². The molecule has 1 amide bonds. The molecule has 0 aliphatic rings. The Bertz CT molecular complexity index is 850. The summed E-state index contributed by atoms with van der Waals surface area (Å²) < 4.78 is 32.9. The number of sulfonamides is 1. The van der Waals surface area contributed by atoms with Crippen molar-refractivity contribution in [2.75, 3.05) is 23.7 Å². The van der Waals surface area contributed by atoms with Crippen molar-refractivity contribution in [3.05, 3.63) is 54.1 Å². The molecule has 0 aliphatic carbocycles. The predicted molar refractivity (Wildman–Crippen MR) is 102 cm³/mol. The van der Waals surface area contributed by atoms with Crippen molar-refractivity contribution in [2.24, 2.45) is 5.73 Å². The van der Waals surface area contributed by atoms with E-state index in [1.165, 1.54) is 13.2 Å². The number of methoxy groups -OCH3 is 1. The van der Waals surface area contributed by atoms with Crippen molar-refractivity contribution in [3.63, 3.8) is 0 Å². The molecule has 2 aromatic carbocycles. The minimum absolute atomic E-state index is 0.0885. The van der Waals surface area contributed by atoms with E-state index in [1.54, 1.807) is 49.4 Å². The Morgan fingerprint density at radius 2 is 1.85 bits per heavy atom. The molecule has 0 radical (unpaired) electrons. The Hall–Kier alpha value is -2.42. The van der Waals surface area contributed by atoms with Gasteiger partial charge in [-0.1, -0.05) is 24.3 Å². The first-order valence-electron chi connectivity index (χ1n) is 8.07. The summed E-state index contributed by atoms with van der Waals surface area (Å²) in [5.74, 6) is -0.300. The van der Waals surface area contributed by atoms with Crippen LogP contribution in [0.4, 0.5) is 11.4 Å². The molecule has 140 valence electrons. The van der Waals surface area contributed by atoms with E-state index in [0.29, 0.717) is 16.9 Å². The average molecular weight is 377 g/mol. The average Bonchev–Trinajstić information content (AvgIpc) is 2.61. The van der Waals surface area contributed by atoms with Crippen LogP contribution in [0.15, 0.2) is 53.4 Å². The SMILES string of the molecule is COC(CN)CC(=O)Nc1ccc(C)c(S(=O)(=O)Nc2ccccc2)c1. The van der Waals surface area contributed by atoms with Gasteiger partial charge in [-0.2, -0.15) is 0 Å². The number of ether oxygens (including phenoxy) is 1. The lowest BCUT2D eigenvalue weighted by atomic mass is 10.2. The van der Waals surface area contributed by atoms with Crippen molar-refractivity contribution in [2.45, 2.75) is 24.3 Å². The number of hydrogen-bond donors (Lipinski definition) is 3. The predicted octanol–water partition coefficient (Wildman–Crippen LogP) is 2.10. The molecule has 0 aromatic heterocycles. The van der Waals surface area contributed by atoms with Crippen LogP contribution in [0.3, 0.4) is 0 Å². The maximum atomic E-state index is 12.7. The quantitative estimate of drug-likeness (QED) is 0.652. The number of aryl methyl sites for hydroxylation is 1. The second kappa shape index (κ2) is 8.79. The maximum absolute atomic E-state index is 12.7. The minimum Gasteiger partial charge on any atom is -0.380 e. The number of benzene rings is 2. The molecular formula is C18H23N3O4S. The first kappa shape index (κ1) is 19.9. The van der Waals surface area contributed by atoms with Gasteiger partial charge < -0.3 is 15.8 Å². The topological polar surface area (TPSA) is 111 Å². The van der Waals surface area contributed by atoms with Gasteiger partial charge >= 0.3 is 0 Å². The highest BCUT2D eigenvalue weighted by Gasteiger charge is 2.19. The molecule has 2 aromatic rings. The number of nitrogens with one attached hydrogen (secondary N) is 2. The number of anilines is 2. The highest BCUT2D eigenvalue weighted by Crippen LogP contribution is 2.23. The molecule has 4 N–H and O–H groups in total. The first-order chi connectivity index (χ1) is 12.4. The Labute approximate surface area is 153 Å². The van der Waals surface area contributed by atoms with Gasteiger partial charge in [0.1, 0.15) is 0 Å². The molecule has 2 rings (SSSR count). The third-order valence-electron chi connectivity index (χ3n) is 3.80. The van der Waals surface area contributed by atoms with E-state index in [0.717, 1.165) is 0 Å². The molecule has 7 nitrogen and oxygen atoms in total. The fourth-order valence-electron chi connectivity index (χ4n) is 2.37. The number of hydrogen-bond acceptors (Lipinski definition) is 5. The van der Waals surface area contributed by atoms with Crippen molar-refractivity contribution in [1.29, 1.82) is 0 Å². The van der Waals surface area contributed by atoms with Gasteiger partial charge in [-0.3, -0.25) is 9.52 Å². The molecule has 0 saturated heterocycles. The van der Waals surface area contributed by atoms with Crippen LogP contribution in [0.2, 0.25) is 0 Å². The number of rotatable bonds is 8. The van der Waals surface area contributed by atoms with E-state index >= 15 is 0 Å². The number of carbonyl (C=O) groups is 1. The Morgan fingerprint density at radius 1 is 1.15 bits per heavy atom. The third-order valence-corrected chi connectivity index (χ3v) is 5.32. The van der Waals surface area contributed by atoms with E-state index in [4.69, 9.17) is 10.5 Å². The Kier molecular flexibility index (Phi) is 6.73. The van der Waals surface area contributed by atoms with Gasteiger partial charge in [0.25, 0.3) is 10.0 Å². The molecule has 1 unspecified atom stereocenters. The monoisotopic (exact) mass is 377 g/mol. The van der Waals surface area contributed by atoms with Gasteiger partial charge in [-0.25, -0.2) is 8.42 Å². The van der Waals surface area contributed by atoms with Gasteiger partial charge in [0.2, 0.25) is 5.91 Å². The largest absolute Gasteiger partial charge is 0.380 e. The van der Waals surface area contributed by atoms with Crippen LogP contribution in [0.1, 0.15) is 12.0 Å². The van der Waals surface area contributed by atoms with E-state index < -0.39 is 10.0 Å². The number of para-hydroxylation sites is 1. The standard InChI is InChI=1S/C18H23N3O4S/c1-13-8-9-15(20-18(22)11-16(12-19)25-2)10-17(13)26(23,24)21-14-6-4-3-5-7-14/h3-10,16,21H,11-12,19H2,1-2H3,(H,20,22). The summed E-state index contributed by atoms with van der Waals surface area (Å²) in [7, 11) is -2.30. The molecule has 0 fully saturated rings. The highest BCUT2D eigenvalue weighted by molar-refractivity contribution is 7.92. The minimum atomic E-state index is -3.78. The molecule has 0 spiro atoms. The second-order valence-electron chi connectivity index (χ2n) is 5.80. The fraction of sp³-hybridized carbons (Fsp3) is 0.278. The third kappa shape index (κ3) is 5.29. The lowest BCUT2D eigenvalue weighted by Crippen LogP contribution is -2.28. The van der Waals surface area contributed by atoms with Crippen LogP contribution >= 0.6 is 0 Å². The van der Waals surface area contributed by atoms with Crippen LogP contribution in [0.5, 0.6) is 0 Å². The zero-order valence-electron chi connectivity index (χ0n) is 14.7. The maximum Gasteiger partial charge on any atom is 0.262 e. The molecule has 0 heterocycles. The van der Waals surface area contributed by atoms with Crippen LogP contribution < -0.4 is 15.8 Å². The van der Waals surface area contributed by atoms with Crippen LogP contribution in [-0.2, 0) is 19.6 Å². The van der Waals surface area contributed by atoms with Gasteiger partial charge in [-0.05, 0) is 36.8 Å². The zero-order valence-corrected chi connectivity index (χ0v) is 15.5. The summed E-state index contributed by atoms with van der Waals surface area (Å²) in [6.07, 6.45) is -0.297. The summed E-state index contributed by atoms with van der Waals surface area (Å²) in [5.41, 5.74) is 6.93. The molecule has 0 bridgehead atoms. The van der Waals surface area contributed by atoms with Gasteiger partial charge in [0.15, 0.2) is 0 Å². The van der Waals surface area contributed by atoms with Crippen LogP contribution in [0.25, 0.3) is 0 Å². The summed E-state index contributed by atoms with van der Waals surface area (Å²) in [6, 6.07) is 13.3. The van der Waals surface area contributed by atoms with E-state index in [9.17, 15) is 13.2 Å². The van der Waals surface area contributed by atoms with E-state index in [2.05, 4.69) is 10.0 Å². The van der Waals surface area contributed by atoms with Crippen LogP contribution in [0, 0.1) is 6.92 Å². The zero-order chi connectivity index (χ0) is 19.2. The smallest absolute Gasteiger partial charge is 0.262 e. The number of amides is 1.